The van der Waals surface area contributed by atoms with Crippen LogP contribution in [-0.2, 0) is 10.0 Å². The van der Waals surface area contributed by atoms with Crippen molar-refractivity contribution in [3.05, 3.63) is 0 Å². The highest BCUT2D eigenvalue weighted by atomic mass is 32.2. The number of hydrogen-bond acceptors (Lipinski definition) is 3. The molecule has 2 saturated carbocycles. The van der Waals surface area contributed by atoms with Gasteiger partial charge in [-0.05, 0) is 31.1 Å². The summed E-state index contributed by atoms with van der Waals surface area (Å²) < 4.78 is 26.9. The summed E-state index contributed by atoms with van der Waals surface area (Å²) in [6.07, 6.45) is 9.16. The topological polar surface area (TPSA) is 72.2 Å². The van der Waals surface area contributed by atoms with E-state index in [-0.39, 0.29) is 11.8 Å². The maximum Gasteiger partial charge on any atom is 0.211 e. The Hall–Kier alpha value is -0.130. The summed E-state index contributed by atoms with van der Waals surface area (Å²) >= 11 is 0. The van der Waals surface area contributed by atoms with Crippen LogP contribution in [0.3, 0.4) is 0 Å². The number of nitrogens with two attached hydrogens (primary N) is 1. The molecule has 0 amide bonds. The van der Waals surface area contributed by atoms with Gasteiger partial charge in [0.1, 0.15) is 0 Å². The SMILES string of the molecule is NCC(NS(=O)(=O)CCC1CCC1)C1CCCC1. The number of rotatable bonds is 7. The maximum absolute atomic E-state index is 12.0. The molecule has 2 fully saturated rings. The second-order valence-electron chi connectivity index (χ2n) is 5.91. The van der Waals surface area contributed by atoms with Crippen LogP contribution in [0.15, 0.2) is 0 Å². The van der Waals surface area contributed by atoms with Crippen molar-refractivity contribution in [2.75, 3.05) is 12.3 Å². The standard InChI is InChI=1S/C13H26N2O2S/c14-10-13(12-6-1-2-7-12)15-18(16,17)9-8-11-4-3-5-11/h11-13,15H,1-10,14H2. The summed E-state index contributed by atoms with van der Waals surface area (Å²) in [5, 5.41) is 0. The lowest BCUT2D eigenvalue weighted by Gasteiger charge is -2.26. The van der Waals surface area contributed by atoms with Crippen LogP contribution in [0.4, 0.5) is 0 Å². The molecule has 106 valence electrons. The van der Waals surface area contributed by atoms with E-state index in [4.69, 9.17) is 5.73 Å². The molecule has 2 aliphatic rings. The molecular formula is C13H26N2O2S. The van der Waals surface area contributed by atoms with E-state index in [0.717, 1.165) is 19.3 Å². The van der Waals surface area contributed by atoms with E-state index in [9.17, 15) is 8.42 Å². The van der Waals surface area contributed by atoms with Crippen LogP contribution >= 0.6 is 0 Å². The monoisotopic (exact) mass is 274 g/mol. The molecule has 0 aromatic rings. The lowest BCUT2D eigenvalue weighted by atomic mass is 9.84. The molecule has 2 aliphatic carbocycles. The molecule has 0 aromatic heterocycles. The predicted octanol–water partition coefficient (Wildman–Crippen LogP) is 1.61. The zero-order chi connectivity index (χ0) is 13.0. The molecule has 0 bridgehead atoms. The van der Waals surface area contributed by atoms with Crippen molar-refractivity contribution in [1.82, 2.24) is 4.72 Å². The third-order valence-electron chi connectivity index (χ3n) is 4.57. The van der Waals surface area contributed by atoms with E-state index >= 15 is 0 Å². The van der Waals surface area contributed by atoms with Gasteiger partial charge in [-0.25, -0.2) is 13.1 Å². The number of sulfonamides is 1. The van der Waals surface area contributed by atoms with Gasteiger partial charge >= 0.3 is 0 Å². The Kier molecular flexibility index (Phi) is 5.04. The van der Waals surface area contributed by atoms with E-state index in [1.165, 1.54) is 32.1 Å². The minimum atomic E-state index is -3.13. The van der Waals surface area contributed by atoms with Gasteiger partial charge in [-0.1, -0.05) is 32.1 Å². The summed E-state index contributed by atoms with van der Waals surface area (Å²) in [6.45, 7) is 0.424. The highest BCUT2D eigenvalue weighted by Crippen LogP contribution is 2.30. The fourth-order valence-electron chi connectivity index (χ4n) is 3.09. The molecule has 0 radical (unpaired) electrons. The van der Waals surface area contributed by atoms with Crippen molar-refractivity contribution in [2.24, 2.45) is 17.6 Å². The lowest BCUT2D eigenvalue weighted by molar-refractivity contribution is 0.306. The summed E-state index contributed by atoms with van der Waals surface area (Å²) in [4.78, 5) is 0. The zero-order valence-electron chi connectivity index (χ0n) is 11.1. The Bertz CT molecular complexity index is 346. The lowest BCUT2D eigenvalue weighted by Crippen LogP contribution is -2.45. The van der Waals surface area contributed by atoms with Gasteiger partial charge in [0.05, 0.1) is 5.75 Å². The summed E-state index contributed by atoms with van der Waals surface area (Å²) in [7, 11) is -3.13. The first kappa shape index (κ1) is 14.3. The molecule has 0 aliphatic heterocycles. The summed E-state index contributed by atoms with van der Waals surface area (Å²) in [5.41, 5.74) is 5.73. The molecule has 4 nitrogen and oxygen atoms in total. The Labute approximate surface area is 111 Å². The molecule has 0 saturated heterocycles. The fourth-order valence-corrected chi connectivity index (χ4v) is 4.60. The van der Waals surface area contributed by atoms with Gasteiger partial charge < -0.3 is 5.73 Å². The highest BCUT2D eigenvalue weighted by Gasteiger charge is 2.28. The van der Waals surface area contributed by atoms with Crippen LogP contribution in [0, 0.1) is 11.8 Å². The summed E-state index contributed by atoms with van der Waals surface area (Å²) in [5.74, 6) is 1.37. The van der Waals surface area contributed by atoms with Crippen molar-refractivity contribution >= 4 is 10.0 Å². The van der Waals surface area contributed by atoms with E-state index in [2.05, 4.69) is 4.72 Å². The molecular weight excluding hydrogens is 248 g/mol. The molecule has 0 spiro atoms. The first-order chi connectivity index (χ1) is 8.61. The smallest absolute Gasteiger partial charge is 0.211 e. The molecule has 0 aromatic carbocycles. The van der Waals surface area contributed by atoms with Crippen LogP contribution in [0.1, 0.15) is 51.4 Å². The quantitative estimate of drug-likeness (QED) is 0.741. The zero-order valence-corrected chi connectivity index (χ0v) is 11.9. The first-order valence-electron chi connectivity index (χ1n) is 7.31. The van der Waals surface area contributed by atoms with Crippen LogP contribution in [-0.4, -0.2) is 26.8 Å². The van der Waals surface area contributed by atoms with E-state index < -0.39 is 10.0 Å². The van der Waals surface area contributed by atoms with Gasteiger partial charge in [0, 0.05) is 12.6 Å². The number of nitrogens with one attached hydrogen (secondary N) is 1. The highest BCUT2D eigenvalue weighted by molar-refractivity contribution is 7.89. The molecule has 0 heterocycles. The van der Waals surface area contributed by atoms with Crippen molar-refractivity contribution in [3.8, 4) is 0 Å². The fraction of sp³-hybridized carbons (Fsp3) is 1.00. The minimum absolute atomic E-state index is 0.0427. The van der Waals surface area contributed by atoms with E-state index in [0.29, 0.717) is 18.4 Å². The Morgan fingerprint density at radius 1 is 1.11 bits per heavy atom. The van der Waals surface area contributed by atoms with Crippen molar-refractivity contribution in [2.45, 2.75) is 57.4 Å². The molecule has 3 N–H and O–H groups in total. The Balaban J connectivity index is 1.80. The molecule has 1 unspecified atom stereocenters. The summed E-state index contributed by atoms with van der Waals surface area (Å²) in [6, 6.07) is -0.0427. The normalized spacial score (nSPS) is 24.1. The van der Waals surface area contributed by atoms with Gasteiger partial charge in [0.25, 0.3) is 0 Å². The third-order valence-corrected chi connectivity index (χ3v) is 6.01. The second-order valence-corrected chi connectivity index (χ2v) is 7.78. The largest absolute Gasteiger partial charge is 0.329 e. The Morgan fingerprint density at radius 3 is 2.28 bits per heavy atom. The average molecular weight is 274 g/mol. The molecule has 2 rings (SSSR count). The van der Waals surface area contributed by atoms with Crippen LogP contribution in [0.5, 0.6) is 0 Å². The predicted molar refractivity (Wildman–Crippen MR) is 73.7 cm³/mol. The van der Waals surface area contributed by atoms with E-state index in [1.807, 2.05) is 0 Å². The van der Waals surface area contributed by atoms with Crippen molar-refractivity contribution in [3.63, 3.8) is 0 Å². The van der Waals surface area contributed by atoms with Crippen LogP contribution < -0.4 is 10.5 Å². The number of hydrogen-bond donors (Lipinski definition) is 2. The van der Waals surface area contributed by atoms with Gasteiger partial charge in [0.15, 0.2) is 0 Å². The van der Waals surface area contributed by atoms with Gasteiger partial charge in [0.2, 0.25) is 10.0 Å². The minimum Gasteiger partial charge on any atom is -0.329 e. The average Bonchev–Trinajstić information content (AvgIpc) is 2.77. The van der Waals surface area contributed by atoms with Gasteiger partial charge in [-0.2, -0.15) is 0 Å². The maximum atomic E-state index is 12.0. The van der Waals surface area contributed by atoms with Crippen molar-refractivity contribution < 1.29 is 8.42 Å². The van der Waals surface area contributed by atoms with Crippen molar-refractivity contribution in [1.29, 1.82) is 0 Å². The third kappa shape index (κ3) is 3.93. The van der Waals surface area contributed by atoms with Crippen LogP contribution in [0.2, 0.25) is 0 Å². The first-order valence-corrected chi connectivity index (χ1v) is 8.96. The molecule has 18 heavy (non-hydrogen) atoms. The Morgan fingerprint density at radius 2 is 1.78 bits per heavy atom. The molecule has 5 heteroatoms. The molecule has 1 atom stereocenters. The van der Waals surface area contributed by atoms with E-state index in [1.54, 1.807) is 0 Å². The van der Waals surface area contributed by atoms with Crippen LogP contribution in [0.25, 0.3) is 0 Å². The van der Waals surface area contributed by atoms with Gasteiger partial charge in [-0.15, -0.1) is 0 Å². The second kappa shape index (κ2) is 6.35. The van der Waals surface area contributed by atoms with Gasteiger partial charge in [-0.3, -0.25) is 0 Å².